The van der Waals surface area contributed by atoms with Crippen molar-refractivity contribution in [1.82, 2.24) is 15.5 Å². The Labute approximate surface area is 150 Å². The average Bonchev–Trinajstić information content (AvgIpc) is 2.64. The van der Waals surface area contributed by atoms with E-state index in [-0.39, 0.29) is 30.4 Å². The topological polar surface area (TPSA) is 117 Å². The van der Waals surface area contributed by atoms with Crippen LogP contribution >= 0.6 is 0 Å². The zero-order chi connectivity index (χ0) is 18.5. The lowest BCUT2D eigenvalue weighted by Gasteiger charge is -2.29. The first kappa shape index (κ1) is 18.1. The SMILES string of the molecule is O=C(CN1C(=O)COc2ccc([N+](=O)[O-])cc21)NCCN1CCNCC1. The Bertz CT molecular complexity index is 704. The van der Waals surface area contributed by atoms with Gasteiger partial charge in [-0.3, -0.25) is 29.5 Å². The fourth-order valence-corrected chi connectivity index (χ4v) is 2.97. The number of nitro groups is 1. The monoisotopic (exact) mass is 363 g/mol. The predicted octanol–water partition coefficient (Wildman–Crippen LogP) is -0.658. The Morgan fingerprint density at radius 3 is 2.85 bits per heavy atom. The van der Waals surface area contributed by atoms with Crippen LogP contribution in [0.2, 0.25) is 0 Å². The highest BCUT2D eigenvalue weighted by molar-refractivity contribution is 6.02. The minimum absolute atomic E-state index is 0.161. The Kier molecular flexibility index (Phi) is 5.64. The van der Waals surface area contributed by atoms with Crippen LogP contribution in [0.1, 0.15) is 0 Å². The van der Waals surface area contributed by atoms with E-state index >= 15 is 0 Å². The van der Waals surface area contributed by atoms with Crippen LogP contribution in [0.5, 0.6) is 5.75 Å². The minimum atomic E-state index is -0.551. The van der Waals surface area contributed by atoms with Gasteiger partial charge in [0.25, 0.3) is 11.6 Å². The number of carbonyl (C=O) groups excluding carboxylic acids is 2. The summed E-state index contributed by atoms with van der Waals surface area (Å²) in [6.45, 7) is 4.59. The molecule has 26 heavy (non-hydrogen) atoms. The van der Waals surface area contributed by atoms with Gasteiger partial charge in [-0.1, -0.05) is 0 Å². The zero-order valence-corrected chi connectivity index (χ0v) is 14.3. The number of piperazine rings is 1. The van der Waals surface area contributed by atoms with Gasteiger partial charge in [0.05, 0.1) is 10.6 Å². The van der Waals surface area contributed by atoms with Crippen LogP contribution in [0, 0.1) is 10.1 Å². The second-order valence-electron chi connectivity index (χ2n) is 6.12. The van der Waals surface area contributed by atoms with Gasteiger partial charge >= 0.3 is 0 Å². The minimum Gasteiger partial charge on any atom is -0.482 e. The molecule has 1 aromatic rings. The lowest BCUT2D eigenvalue weighted by molar-refractivity contribution is -0.384. The van der Waals surface area contributed by atoms with Crippen molar-refractivity contribution in [2.45, 2.75) is 0 Å². The van der Waals surface area contributed by atoms with Gasteiger partial charge in [-0.2, -0.15) is 0 Å². The smallest absolute Gasteiger partial charge is 0.271 e. The van der Waals surface area contributed by atoms with Crippen molar-refractivity contribution in [3.05, 3.63) is 28.3 Å². The number of nitrogens with one attached hydrogen (secondary N) is 2. The first-order valence-corrected chi connectivity index (χ1v) is 8.46. The van der Waals surface area contributed by atoms with E-state index in [1.54, 1.807) is 0 Å². The summed E-state index contributed by atoms with van der Waals surface area (Å²) in [5.41, 5.74) is 0.0823. The summed E-state index contributed by atoms with van der Waals surface area (Å²) in [6.07, 6.45) is 0. The van der Waals surface area contributed by atoms with Crippen LogP contribution in [0.15, 0.2) is 18.2 Å². The van der Waals surface area contributed by atoms with Gasteiger partial charge in [0.1, 0.15) is 12.3 Å². The Morgan fingerprint density at radius 1 is 1.35 bits per heavy atom. The van der Waals surface area contributed by atoms with E-state index in [1.807, 2.05) is 0 Å². The summed E-state index contributed by atoms with van der Waals surface area (Å²) in [7, 11) is 0. The molecule has 0 aliphatic carbocycles. The third-order valence-electron chi connectivity index (χ3n) is 4.36. The quantitative estimate of drug-likeness (QED) is 0.509. The van der Waals surface area contributed by atoms with Crippen LogP contribution in [0.25, 0.3) is 0 Å². The maximum atomic E-state index is 12.2. The van der Waals surface area contributed by atoms with Crippen LogP contribution in [-0.2, 0) is 9.59 Å². The molecule has 140 valence electrons. The van der Waals surface area contributed by atoms with Crippen molar-refractivity contribution in [2.75, 3.05) is 57.3 Å². The van der Waals surface area contributed by atoms with Crippen molar-refractivity contribution in [3.8, 4) is 5.75 Å². The summed E-state index contributed by atoms with van der Waals surface area (Å²) in [6, 6.07) is 4.00. The summed E-state index contributed by atoms with van der Waals surface area (Å²) < 4.78 is 5.28. The molecule has 10 heteroatoms. The number of amides is 2. The highest BCUT2D eigenvalue weighted by Gasteiger charge is 2.29. The highest BCUT2D eigenvalue weighted by atomic mass is 16.6. The molecule has 1 fully saturated rings. The summed E-state index contributed by atoms with van der Waals surface area (Å²) in [5.74, 6) is -0.369. The molecule has 0 spiro atoms. The normalized spacial score (nSPS) is 17.4. The molecular formula is C16H21N5O5. The van der Waals surface area contributed by atoms with E-state index in [2.05, 4.69) is 15.5 Å². The van der Waals surface area contributed by atoms with E-state index in [0.29, 0.717) is 12.3 Å². The van der Waals surface area contributed by atoms with Crippen molar-refractivity contribution in [2.24, 2.45) is 0 Å². The molecule has 10 nitrogen and oxygen atoms in total. The molecule has 2 aliphatic rings. The molecule has 0 unspecified atom stereocenters. The van der Waals surface area contributed by atoms with E-state index in [9.17, 15) is 19.7 Å². The maximum absolute atomic E-state index is 12.2. The van der Waals surface area contributed by atoms with Crippen molar-refractivity contribution >= 4 is 23.2 Å². The number of benzene rings is 1. The molecule has 2 amide bonds. The average molecular weight is 363 g/mol. The predicted molar refractivity (Wildman–Crippen MR) is 93.3 cm³/mol. The molecule has 0 radical (unpaired) electrons. The number of hydrogen-bond acceptors (Lipinski definition) is 7. The van der Waals surface area contributed by atoms with Crippen molar-refractivity contribution in [1.29, 1.82) is 0 Å². The van der Waals surface area contributed by atoms with Gasteiger partial charge in [-0.15, -0.1) is 0 Å². The molecule has 0 bridgehead atoms. The molecule has 0 saturated carbocycles. The number of anilines is 1. The fraction of sp³-hybridized carbons (Fsp3) is 0.500. The molecule has 2 N–H and O–H groups in total. The Balaban J connectivity index is 1.59. The van der Waals surface area contributed by atoms with Gasteiger partial charge in [0.2, 0.25) is 5.91 Å². The molecule has 2 heterocycles. The molecule has 2 aliphatic heterocycles. The number of ether oxygens (including phenoxy) is 1. The lowest BCUT2D eigenvalue weighted by Crippen LogP contribution is -2.48. The molecule has 0 aromatic heterocycles. The van der Waals surface area contributed by atoms with Gasteiger partial charge in [-0.05, 0) is 6.07 Å². The lowest BCUT2D eigenvalue weighted by atomic mass is 10.2. The van der Waals surface area contributed by atoms with Gasteiger partial charge < -0.3 is 15.4 Å². The first-order chi connectivity index (χ1) is 12.5. The maximum Gasteiger partial charge on any atom is 0.271 e. The highest BCUT2D eigenvalue weighted by Crippen LogP contribution is 2.35. The molecule has 3 rings (SSSR count). The van der Waals surface area contributed by atoms with Crippen LogP contribution in [-0.4, -0.2) is 74.1 Å². The van der Waals surface area contributed by atoms with E-state index in [0.717, 1.165) is 32.7 Å². The third-order valence-corrected chi connectivity index (χ3v) is 4.36. The van der Waals surface area contributed by atoms with E-state index in [1.165, 1.54) is 23.1 Å². The number of rotatable bonds is 6. The summed E-state index contributed by atoms with van der Waals surface area (Å²) in [5, 5.41) is 17.0. The van der Waals surface area contributed by atoms with Crippen LogP contribution < -0.4 is 20.3 Å². The van der Waals surface area contributed by atoms with Crippen molar-refractivity contribution < 1.29 is 19.2 Å². The molecule has 0 atom stereocenters. The Morgan fingerprint density at radius 2 is 2.12 bits per heavy atom. The molecule has 1 aromatic carbocycles. The number of fused-ring (bicyclic) bond motifs is 1. The van der Waals surface area contributed by atoms with Crippen LogP contribution in [0.3, 0.4) is 0 Å². The Hall–Kier alpha value is -2.72. The van der Waals surface area contributed by atoms with E-state index < -0.39 is 10.8 Å². The number of hydrogen-bond donors (Lipinski definition) is 2. The number of nitro benzene ring substituents is 1. The molecular weight excluding hydrogens is 342 g/mol. The van der Waals surface area contributed by atoms with Gasteiger partial charge in [-0.25, -0.2) is 0 Å². The summed E-state index contributed by atoms with van der Waals surface area (Å²) in [4.78, 5) is 38.2. The first-order valence-electron chi connectivity index (χ1n) is 8.46. The van der Waals surface area contributed by atoms with E-state index in [4.69, 9.17) is 4.74 Å². The number of non-ortho nitro benzene ring substituents is 1. The molecule has 1 saturated heterocycles. The number of carbonyl (C=O) groups is 2. The summed E-state index contributed by atoms with van der Waals surface area (Å²) >= 11 is 0. The van der Waals surface area contributed by atoms with Crippen LogP contribution in [0.4, 0.5) is 11.4 Å². The second kappa shape index (κ2) is 8.11. The third kappa shape index (κ3) is 4.27. The largest absolute Gasteiger partial charge is 0.482 e. The standard InChI is InChI=1S/C16H21N5O5/c22-15(18-5-8-19-6-3-17-4-7-19)10-20-13-9-12(21(24)25)1-2-14(13)26-11-16(20)23/h1-2,9,17H,3-8,10-11H2,(H,18,22). The fourth-order valence-electron chi connectivity index (χ4n) is 2.97. The second-order valence-corrected chi connectivity index (χ2v) is 6.12. The zero-order valence-electron chi connectivity index (χ0n) is 14.3. The van der Waals surface area contributed by atoms with Gasteiger partial charge in [0.15, 0.2) is 6.61 Å². The van der Waals surface area contributed by atoms with Crippen molar-refractivity contribution in [3.63, 3.8) is 0 Å². The number of nitrogens with zero attached hydrogens (tertiary/aromatic N) is 3. The van der Waals surface area contributed by atoms with Gasteiger partial charge in [0, 0.05) is 51.4 Å².